The Bertz CT molecular complexity index is 961. The zero-order valence-electron chi connectivity index (χ0n) is 19.8. The molecule has 8 nitrogen and oxygen atoms in total. The first-order chi connectivity index (χ1) is 15.6. The summed E-state index contributed by atoms with van der Waals surface area (Å²) in [4.78, 5) is 37.7. The molecule has 33 heavy (non-hydrogen) atoms. The number of amides is 2. The predicted octanol–water partition coefficient (Wildman–Crippen LogP) is 3.53. The van der Waals surface area contributed by atoms with Crippen LogP contribution < -0.4 is 5.73 Å². The van der Waals surface area contributed by atoms with Gasteiger partial charge in [0, 0.05) is 32.1 Å². The first kappa shape index (κ1) is 23.8. The zero-order valence-corrected chi connectivity index (χ0v) is 20.6. The zero-order chi connectivity index (χ0) is 23.8. The van der Waals surface area contributed by atoms with Crippen molar-refractivity contribution in [3.63, 3.8) is 0 Å². The Kier molecular flexibility index (Phi) is 6.81. The maximum absolute atomic E-state index is 12.3. The van der Waals surface area contributed by atoms with Crippen LogP contribution in [0, 0.1) is 0 Å². The molecule has 0 aromatic heterocycles. The van der Waals surface area contributed by atoms with Crippen LogP contribution in [0.5, 0.6) is 0 Å². The number of primary amides is 1. The van der Waals surface area contributed by atoms with Gasteiger partial charge in [-0.1, -0.05) is 12.1 Å². The topological polar surface area (TPSA) is 100 Å². The number of rotatable bonds is 3. The number of fused-ring (bicyclic) bond motifs is 1. The minimum absolute atomic E-state index is 0.238. The third-order valence-electron chi connectivity index (χ3n) is 6.24. The molecule has 3 heterocycles. The Morgan fingerprint density at radius 2 is 1.85 bits per heavy atom. The summed E-state index contributed by atoms with van der Waals surface area (Å²) in [5.41, 5.74) is 7.21. The average Bonchev–Trinajstić information content (AvgIpc) is 3.51. The van der Waals surface area contributed by atoms with Gasteiger partial charge >= 0.3 is 6.09 Å². The SMILES string of the molecule is CSC1=NC(=Nc2ccc(C3CCN(C(=O)OC(C)(C)C)CC3)cc2)C(C(N)=O)N2CC2C1. The minimum atomic E-state index is -0.573. The Balaban J connectivity index is 1.44. The lowest BCUT2D eigenvalue weighted by Gasteiger charge is -2.33. The fourth-order valence-corrected chi connectivity index (χ4v) is 5.00. The monoisotopic (exact) mass is 471 g/mol. The Labute approximate surface area is 199 Å². The van der Waals surface area contributed by atoms with Crippen molar-refractivity contribution in [2.75, 3.05) is 25.9 Å². The van der Waals surface area contributed by atoms with Crippen molar-refractivity contribution in [2.45, 2.75) is 63.6 Å². The molecule has 0 spiro atoms. The van der Waals surface area contributed by atoms with E-state index >= 15 is 0 Å². The molecule has 1 aromatic rings. The molecule has 9 heteroatoms. The number of nitrogens with zero attached hydrogens (tertiary/aromatic N) is 4. The van der Waals surface area contributed by atoms with Gasteiger partial charge in [-0.05, 0) is 63.5 Å². The van der Waals surface area contributed by atoms with Gasteiger partial charge in [0.2, 0.25) is 5.91 Å². The van der Waals surface area contributed by atoms with Crippen LogP contribution in [-0.4, -0.2) is 76.3 Å². The molecule has 1 aromatic carbocycles. The quantitative estimate of drug-likeness (QED) is 0.680. The van der Waals surface area contributed by atoms with Crippen LogP contribution in [0.1, 0.15) is 51.5 Å². The highest BCUT2D eigenvalue weighted by Crippen LogP contribution is 2.33. The van der Waals surface area contributed by atoms with Gasteiger partial charge in [-0.3, -0.25) is 9.69 Å². The molecule has 2 saturated heterocycles. The van der Waals surface area contributed by atoms with Gasteiger partial charge in [-0.2, -0.15) is 0 Å². The normalized spacial score (nSPS) is 26.9. The lowest BCUT2D eigenvalue weighted by molar-refractivity contribution is -0.119. The molecule has 2 N–H and O–H groups in total. The smallest absolute Gasteiger partial charge is 0.410 e. The predicted molar refractivity (Wildman–Crippen MR) is 132 cm³/mol. The number of piperidine rings is 1. The van der Waals surface area contributed by atoms with Gasteiger partial charge in [0.15, 0.2) is 5.84 Å². The van der Waals surface area contributed by atoms with Crippen LogP contribution in [0.2, 0.25) is 0 Å². The van der Waals surface area contributed by atoms with Crippen LogP contribution in [0.25, 0.3) is 0 Å². The second kappa shape index (κ2) is 9.46. The van der Waals surface area contributed by atoms with E-state index in [0.29, 0.717) is 30.9 Å². The van der Waals surface area contributed by atoms with Crippen LogP contribution in [0.4, 0.5) is 10.5 Å². The number of carbonyl (C=O) groups is 2. The van der Waals surface area contributed by atoms with E-state index in [1.165, 1.54) is 5.56 Å². The van der Waals surface area contributed by atoms with Gasteiger partial charge in [0.25, 0.3) is 0 Å². The minimum Gasteiger partial charge on any atom is -0.444 e. The molecule has 0 radical (unpaired) electrons. The summed E-state index contributed by atoms with van der Waals surface area (Å²) in [7, 11) is 0. The van der Waals surface area contributed by atoms with E-state index in [-0.39, 0.29) is 6.09 Å². The first-order valence-electron chi connectivity index (χ1n) is 11.5. The van der Waals surface area contributed by atoms with E-state index < -0.39 is 17.6 Å². The maximum atomic E-state index is 12.3. The molecule has 2 fully saturated rings. The first-order valence-corrected chi connectivity index (χ1v) is 12.7. The molecule has 3 unspecified atom stereocenters. The standard InChI is InChI=1S/C24H33N5O3S/c1-24(2,3)32-23(31)28-11-9-16(10-12-28)15-5-7-17(8-6-15)26-22-20(21(25)30)29-14-18(29)13-19(27-22)33-4/h5-8,16,18,20H,9-14H2,1-4H3,(H2,25,30). The number of nitrogens with two attached hydrogens (primary N) is 1. The van der Waals surface area contributed by atoms with Crippen molar-refractivity contribution in [2.24, 2.45) is 15.7 Å². The Morgan fingerprint density at radius 3 is 2.42 bits per heavy atom. The van der Waals surface area contributed by atoms with E-state index in [0.717, 1.165) is 36.5 Å². The van der Waals surface area contributed by atoms with E-state index in [9.17, 15) is 9.59 Å². The molecule has 0 bridgehead atoms. The van der Waals surface area contributed by atoms with Crippen LogP contribution in [0.3, 0.4) is 0 Å². The van der Waals surface area contributed by atoms with Gasteiger partial charge < -0.3 is 15.4 Å². The number of likely N-dealkylation sites (tertiary alicyclic amines) is 1. The molecule has 3 aliphatic heterocycles. The van der Waals surface area contributed by atoms with Gasteiger partial charge in [0.05, 0.1) is 10.7 Å². The van der Waals surface area contributed by atoms with Crippen molar-refractivity contribution in [3.8, 4) is 0 Å². The van der Waals surface area contributed by atoms with E-state index in [4.69, 9.17) is 15.5 Å². The molecular formula is C24H33N5O3S. The lowest BCUT2D eigenvalue weighted by Crippen LogP contribution is -2.41. The fourth-order valence-electron chi connectivity index (χ4n) is 4.46. The molecule has 3 atom stereocenters. The highest BCUT2D eigenvalue weighted by molar-refractivity contribution is 8.13. The summed E-state index contributed by atoms with van der Waals surface area (Å²) in [5.74, 6) is 0.460. The van der Waals surface area contributed by atoms with Crippen molar-refractivity contribution in [3.05, 3.63) is 29.8 Å². The number of amidine groups is 1. The maximum Gasteiger partial charge on any atom is 0.410 e. The Morgan fingerprint density at radius 1 is 1.18 bits per heavy atom. The lowest BCUT2D eigenvalue weighted by atomic mass is 9.89. The second-order valence-electron chi connectivity index (χ2n) is 9.87. The molecule has 3 aliphatic rings. The summed E-state index contributed by atoms with van der Waals surface area (Å²) >= 11 is 1.60. The molecule has 2 amide bonds. The summed E-state index contributed by atoms with van der Waals surface area (Å²) < 4.78 is 5.49. The Hall–Kier alpha value is -2.39. The van der Waals surface area contributed by atoms with Crippen molar-refractivity contribution < 1.29 is 14.3 Å². The van der Waals surface area contributed by atoms with Gasteiger partial charge in [0.1, 0.15) is 11.6 Å². The highest BCUT2D eigenvalue weighted by Gasteiger charge is 2.47. The third-order valence-corrected chi connectivity index (χ3v) is 6.97. The number of hydrogen-bond acceptors (Lipinski definition) is 6. The number of aliphatic imine (C=N–C) groups is 2. The van der Waals surface area contributed by atoms with Crippen molar-refractivity contribution >= 4 is 40.3 Å². The van der Waals surface area contributed by atoms with Crippen molar-refractivity contribution in [1.29, 1.82) is 0 Å². The number of thioether (sulfide) groups is 1. The molecular weight excluding hydrogens is 438 g/mol. The molecule has 0 saturated carbocycles. The number of benzene rings is 1. The average molecular weight is 472 g/mol. The van der Waals surface area contributed by atoms with Crippen LogP contribution >= 0.6 is 11.8 Å². The molecule has 178 valence electrons. The van der Waals surface area contributed by atoms with Gasteiger partial charge in [-0.15, -0.1) is 11.8 Å². The number of carbonyl (C=O) groups excluding carboxylic acids is 2. The summed E-state index contributed by atoms with van der Waals surface area (Å²) in [6.45, 7) is 7.89. The largest absolute Gasteiger partial charge is 0.444 e. The molecule has 4 rings (SSSR count). The molecule has 0 aliphatic carbocycles. The van der Waals surface area contributed by atoms with E-state index in [1.54, 1.807) is 16.7 Å². The van der Waals surface area contributed by atoms with Crippen molar-refractivity contribution in [1.82, 2.24) is 9.80 Å². The third kappa shape index (κ3) is 5.76. The summed E-state index contributed by atoms with van der Waals surface area (Å²) in [6, 6.07) is 7.87. The summed E-state index contributed by atoms with van der Waals surface area (Å²) in [5, 5.41) is 0.985. The fraction of sp³-hybridized carbons (Fsp3) is 0.583. The number of hydrogen-bond donors (Lipinski definition) is 1. The van der Waals surface area contributed by atoms with Crippen LogP contribution in [-0.2, 0) is 9.53 Å². The second-order valence-corrected chi connectivity index (χ2v) is 10.8. The van der Waals surface area contributed by atoms with E-state index in [2.05, 4.69) is 22.0 Å². The van der Waals surface area contributed by atoms with Gasteiger partial charge in [-0.25, -0.2) is 14.8 Å². The number of ether oxygens (including phenoxy) is 1. The van der Waals surface area contributed by atoms with E-state index in [1.807, 2.05) is 39.2 Å². The highest BCUT2D eigenvalue weighted by atomic mass is 32.2. The van der Waals surface area contributed by atoms with Crippen LogP contribution in [0.15, 0.2) is 34.3 Å². The summed E-state index contributed by atoms with van der Waals surface area (Å²) in [6.07, 6.45) is 4.39.